The van der Waals surface area contributed by atoms with E-state index in [1.165, 1.54) is 13.2 Å². The van der Waals surface area contributed by atoms with Crippen LogP contribution in [0.15, 0.2) is 40.9 Å². The Morgan fingerprint density at radius 3 is 2.48 bits per heavy atom. The summed E-state index contributed by atoms with van der Waals surface area (Å²) in [6.07, 6.45) is 0.679. The fraction of sp³-hybridized carbons (Fsp3) is 0.0667. The maximum absolute atomic E-state index is 12.1. The third kappa shape index (κ3) is 3.62. The van der Waals surface area contributed by atoms with Gasteiger partial charge < -0.3 is 9.47 Å². The van der Waals surface area contributed by atoms with Gasteiger partial charge in [0.2, 0.25) is 0 Å². The summed E-state index contributed by atoms with van der Waals surface area (Å²) in [7, 11) is 1.43. The number of carbonyl (C=O) groups is 2. The summed E-state index contributed by atoms with van der Waals surface area (Å²) in [6, 6.07) is 9.34. The molecule has 4 nitrogen and oxygen atoms in total. The molecule has 0 atom stereocenters. The quantitative estimate of drug-likeness (QED) is 0.462. The number of benzene rings is 2. The average Bonchev–Trinajstić information content (AvgIpc) is 2.49. The van der Waals surface area contributed by atoms with Crippen LogP contribution < -0.4 is 9.47 Å². The Kier molecular flexibility index (Phi) is 4.98. The van der Waals surface area contributed by atoms with E-state index >= 15 is 0 Å². The molecule has 108 valence electrons. The van der Waals surface area contributed by atoms with Crippen LogP contribution in [-0.2, 0) is 0 Å². The summed E-state index contributed by atoms with van der Waals surface area (Å²) in [5, 5.41) is 0.528. The normalized spacial score (nSPS) is 10.0. The van der Waals surface area contributed by atoms with E-state index in [9.17, 15) is 9.59 Å². The number of ether oxygens (including phenoxy) is 2. The van der Waals surface area contributed by atoms with Crippen molar-refractivity contribution in [1.29, 1.82) is 0 Å². The third-order valence-corrected chi connectivity index (χ3v) is 3.50. The van der Waals surface area contributed by atoms with Crippen molar-refractivity contribution in [3.8, 4) is 11.5 Å². The van der Waals surface area contributed by atoms with Gasteiger partial charge in [-0.15, -0.1) is 0 Å². The first-order valence-electron chi connectivity index (χ1n) is 5.85. The lowest BCUT2D eigenvalue weighted by Crippen LogP contribution is -2.09. The summed E-state index contributed by atoms with van der Waals surface area (Å²) in [5.74, 6) is -0.0543. The van der Waals surface area contributed by atoms with Crippen LogP contribution in [0.2, 0.25) is 5.02 Å². The van der Waals surface area contributed by atoms with Gasteiger partial charge in [-0.2, -0.15) is 0 Å². The molecule has 0 unspecified atom stereocenters. The Balaban J connectivity index is 2.32. The van der Waals surface area contributed by atoms with Crippen molar-refractivity contribution in [2.75, 3.05) is 7.11 Å². The highest BCUT2D eigenvalue weighted by Gasteiger charge is 2.16. The molecular formula is C15H10BrClO4. The summed E-state index contributed by atoms with van der Waals surface area (Å²) in [4.78, 5) is 22.9. The Morgan fingerprint density at radius 2 is 1.90 bits per heavy atom. The molecule has 0 saturated carbocycles. The molecule has 0 fully saturated rings. The number of aldehydes is 1. The number of hydrogen-bond acceptors (Lipinski definition) is 4. The Hall–Kier alpha value is -1.85. The molecule has 6 heteroatoms. The van der Waals surface area contributed by atoms with E-state index in [1.807, 2.05) is 0 Å². The molecule has 0 N–H and O–H groups in total. The fourth-order valence-electron chi connectivity index (χ4n) is 1.64. The van der Waals surface area contributed by atoms with Gasteiger partial charge in [0, 0.05) is 10.6 Å². The summed E-state index contributed by atoms with van der Waals surface area (Å²) in [6.45, 7) is 0. The predicted octanol–water partition coefficient (Wildman–Crippen LogP) is 4.14. The van der Waals surface area contributed by atoms with Gasteiger partial charge in [0.15, 0.2) is 11.5 Å². The van der Waals surface area contributed by atoms with Crippen molar-refractivity contribution in [2.24, 2.45) is 0 Å². The van der Waals surface area contributed by atoms with Crippen molar-refractivity contribution >= 4 is 39.8 Å². The molecule has 21 heavy (non-hydrogen) atoms. The molecule has 0 bridgehead atoms. The highest BCUT2D eigenvalue weighted by molar-refractivity contribution is 9.10. The summed E-state index contributed by atoms with van der Waals surface area (Å²) >= 11 is 9.03. The van der Waals surface area contributed by atoms with E-state index in [1.54, 1.807) is 30.3 Å². The lowest BCUT2D eigenvalue weighted by atomic mass is 10.2. The average molecular weight is 370 g/mol. The first-order valence-corrected chi connectivity index (χ1v) is 7.02. The van der Waals surface area contributed by atoms with E-state index in [-0.39, 0.29) is 11.5 Å². The van der Waals surface area contributed by atoms with Gasteiger partial charge in [0.25, 0.3) is 0 Å². The molecular weight excluding hydrogens is 360 g/mol. The monoisotopic (exact) mass is 368 g/mol. The zero-order valence-corrected chi connectivity index (χ0v) is 13.3. The van der Waals surface area contributed by atoms with E-state index < -0.39 is 5.97 Å². The minimum absolute atomic E-state index is 0.211. The van der Waals surface area contributed by atoms with E-state index in [4.69, 9.17) is 21.1 Å². The number of esters is 1. The molecule has 2 aromatic rings. The van der Waals surface area contributed by atoms with Gasteiger partial charge in [0.05, 0.1) is 17.1 Å². The zero-order chi connectivity index (χ0) is 15.4. The number of hydrogen-bond donors (Lipinski definition) is 0. The van der Waals surface area contributed by atoms with Crippen LogP contribution in [-0.4, -0.2) is 19.4 Å². The summed E-state index contributed by atoms with van der Waals surface area (Å²) < 4.78 is 10.9. The minimum atomic E-state index is -0.551. The molecule has 0 heterocycles. The second kappa shape index (κ2) is 6.74. The van der Waals surface area contributed by atoms with E-state index in [2.05, 4.69) is 15.9 Å². The van der Waals surface area contributed by atoms with Gasteiger partial charge in [-0.05, 0) is 52.3 Å². The predicted molar refractivity (Wildman–Crippen MR) is 82.5 cm³/mol. The molecule has 0 amide bonds. The van der Waals surface area contributed by atoms with Crippen molar-refractivity contribution in [2.45, 2.75) is 0 Å². The molecule has 0 spiro atoms. The smallest absolute Gasteiger partial charge is 0.343 e. The Bertz CT molecular complexity index is 683. The number of carbonyl (C=O) groups excluding carboxylic acids is 2. The van der Waals surface area contributed by atoms with E-state index in [0.29, 0.717) is 26.9 Å². The second-order valence-corrected chi connectivity index (χ2v) is 5.34. The van der Waals surface area contributed by atoms with Crippen LogP contribution in [0.25, 0.3) is 0 Å². The molecule has 0 aliphatic carbocycles. The Morgan fingerprint density at radius 1 is 1.24 bits per heavy atom. The largest absolute Gasteiger partial charge is 0.493 e. The van der Waals surface area contributed by atoms with Crippen LogP contribution in [0.3, 0.4) is 0 Å². The van der Waals surface area contributed by atoms with Gasteiger partial charge in [-0.3, -0.25) is 4.79 Å². The zero-order valence-electron chi connectivity index (χ0n) is 10.9. The number of rotatable bonds is 4. The molecule has 0 aliphatic heterocycles. The van der Waals surface area contributed by atoms with Crippen molar-refractivity contribution in [3.05, 3.63) is 57.0 Å². The van der Waals surface area contributed by atoms with Crippen molar-refractivity contribution in [1.82, 2.24) is 0 Å². The standard InChI is InChI=1S/C15H10BrClO4/c1-20-13-7-9(8-18)6-12(16)14(13)21-15(19)10-2-4-11(17)5-3-10/h2-8H,1H3. The molecule has 2 aromatic carbocycles. The van der Waals surface area contributed by atoms with Gasteiger partial charge in [-0.1, -0.05) is 11.6 Å². The van der Waals surface area contributed by atoms with Gasteiger partial charge >= 0.3 is 5.97 Å². The molecule has 0 saturated heterocycles. The maximum atomic E-state index is 12.1. The number of halogens is 2. The Labute approximate surface area is 134 Å². The topological polar surface area (TPSA) is 52.6 Å². The molecule has 0 radical (unpaired) electrons. The highest BCUT2D eigenvalue weighted by atomic mass is 79.9. The summed E-state index contributed by atoms with van der Waals surface area (Å²) in [5.41, 5.74) is 0.762. The van der Waals surface area contributed by atoms with Crippen LogP contribution in [0.5, 0.6) is 11.5 Å². The first-order chi connectivity index (χ1) is 10.0. The molecule has 0 aromatic heterocycles. The van der Waals surface area contributed by atoms with Crippen LogP contribution >= 0.6 is 27.5 Å². The lowest BCUT2D eigenvalue weighted by molar-refractivity contribution is 0.0728. The maximum Gasteiger partial charge on any atom is 0.343 e. The van der Waals surface area contributed by atoms with Gasteiger partial charge in [0.1, 0.15) is 6.29 Å². The third-order valence-electron chi connectivity index (χ3n) is 2.66. The van der Waals surface area contributed by atoms with Gasteiger partial charge in [-0.25, -0.2) is 4.79 Å². The minimum Gasteiger partial charge on any atom is -0.493 e. The van der Waals surface area contributed by atoms with Crippen LogP contribution in [0.1, 0.15) is 20.7 Å². The van der Waals surface area contributed by atoms with Crippen molar-refractivity contribution < 1.29 is 19.1 Å². The lowest BCUT2D eigenvalue weighted by Gasteiger charge is -2.11. The second-order valence-electron chi connectivity index (χ2n) is 4.05. The SMILES string of the molecule is COc1cc(C=O)cc(Br)c1OC(=O)c1ccc(Cl)cc1. The van der Waals surface area contributed by atoms with Crippen LogP contribution in [0, 0.1) is 0 Å². The van der Waals surface area contributed by atoms with Crippen LogP contribution in [0.4, 0.5) is 0 Å². The first kappa shape index (κ1) is 15.5. The molecule has 0 aliphatic rings. The number of methoxy groups -OCH3 is 1. The molecule has 2 rings (SSSR count). The van der Waals surface area contributed by atoms with Crippen molar-refractivity contribution in [3.63, 3.8) is 0 Å². The fourth-order valence-corrected chi connectivity index (χ4v) is 2.31. The van der Waals surface area contributed by atoms with E-state index in [0.717, 1.165) is 0 Å². The highest BCUT2D eigenvalue weighted by Crippen LogP contribution is 2.36.